The number of ketones is 1. The first-order chi connectivity index (χ1) is 18.1. The van der Waals surface area contributed by atoms with E-state index in [1.165, 1.54) is 5.56 Å². The predicted octanol–water partition coefficient (Wildman–Crippen LogP) is 7.06. The highest BCUT2D eigenvalue weighted by Gasteiger charge is 2.29. The van der Waals surface area contributed by atoms with Crippen LogP contribution in [-0.4, -0.2) is 28.8 Å². The van der Waals surface area contributed by atoms with E-state index in [0.717, 1.165) is 16.9 Å². The second kappa shape index (κ2) is 11.6. The van der Waals surface area contributed by atoms with Gasteiger partial charge in [-0.3, -0.25) is 4.79 Å². The third-order valence-electron chi connectivity index (χ3n) is 6.53. The van der Waals surface area contributed by atoms with Crippen molar-refractivity contribution >= 4 is 35.0 Å². The van der Waals surface area contributed by atoms with E-state index in [4.69, 9.17) is 21.6 Å². The Morgan fingerprint density at radius 2 is 1.59 bits per heavy atom. The van der Waals surface area contributed by atoms with Crippen molar-refractivity contribution in [1.82, 2.24) is 9.97 Å². The Bertz CT molecular complexity index is 1410. The molecule has 5 rings (SSSR count). The van der Waals surface area contributed by atoms with Gasteiger partial charge in [-0.2, -0.15) is 5.26 Å². The molecular weight excluding hydrogens is 500 g/mol. The van der Waals surface area contributed by atoms with Crippen molar-refractivity contribution in [3.05, 3.63) is 107 Å². The average molecular weight is 525 g/mol. The summed E-state index contributed by atoms with van der Waals surface area (Å²) >= 11 is 7.67. The number of benzene rings is 3. The molecule has 0 bridgehead atoms. The van der Waals surface area contributed by atoms with Gasteiger partial charge >= 0.3 is 0 Å². The molecule has 1 aliphatic rings. The Labute approximate surface area is 226 Å². The number of Topliss-reactive ketones (excluding diaryl/α,β-unsaturated/α-hetero) is 1. The number of rotatable bonds is 7. The van der Waals surface area contributed by atoms with Crippen LogP contribution in [0.1, 0.15) is 34.3 Å². The summed E-state index contributed by atoms with van der Waals surface area (Å²) in [5.74, 6) is 1.50. The number of halogens is 1. The number of thioether (sulfide) groups is 1. The number of nitriles is 1. The predicted molar refractivity (Wildman–Crippen MR) is 149 cm³/mol. The van der Waals surface area contributed by atoms with Gasteiger partial charge in [0.05, 0.1) is 5.69 Å². The van der Waals surface area contributed by atoms with Gasteiger partial charge in [0.2, 0.25) is 0 Å². The SMILES string of the molecule is N#Cc1c(-c2ccc(Cl)cc2)nc(SCc2ccccc2)nc1N1CCC(C(=O)c2ccccc2)CC1. The third kappa shape index (κ3) is 5.85. The Hall–Kier alpha value is -3.66. The fourth-order valence-corrected chi connectivity index (χ4v) is 5.48. The van der Waals surface area contributed by atoms with Gasteiger partial charge in [-0.1, -0.05) is 96.2 Å². The summed E-state index contributed by atoms with van der Waals surface area (Å²) in [6.45, 7) is 1.30. The van der Waals surface area contributed by atoms with Crippen LogP contribution in [0.15, 0.2) is 90.1 Å². The standard InChI is InChI=1S/C30H25ClN4OS/c31-25-13-11-22(12-14-25)27-26(19-32)29(34-30(33-27)37-20-21-7-3-1-4-8-21)35-17-15-24(16-18-35)28(36)23-9-5-2-6-10-23/h1-14,24H,15-18,20H2. The number of anilines is 1. The van der Waals surface area contributed by atoms with Gasteiger partial charge < -0.3 is 4.90 Å². The molecule has 0 N–H and O–H groups in total. The van der Waals surface area contributed by atoms with Crippen LogP contribution in [0.5, 0.6) is 0 Å². The molecule has 0 amide bonds. The zero-order valence-corrected chi connectivity index (χ0v) is 21.8. The molecule has 1 aliphatic heterocycles. The molecule has 0 radical (unpaired) electrons. The summed E-state index contributed by atoms with van der Waals surface area (Å²) in [7, 11) is 0. The maximum atomic E-state index is 13.0. The molecule has 2 heterocycles. The van der Waals surface area contributed by atoms with Crippen molar-refractivity contribution in [2.45, 2.75) is 23.8 Å². The van der Waals surface area contributed by atoms with E-state index in [1.807, 2.05) is 60.7 Å². The third-order valence-corrected chi connectivity index (χ3v) is 7.70. The number of hydrogen-bond donors (Lipinski definition) is 0. The molecule has 4 aromatic rings. The summed E-state index contributed by atoms with van der Waals surface area (Å²) in [6.07, 6.45) is 1.43. The minimum absolute atomic E-state index is 0.0336. The minimum atomic E-state index is -0.0336. The number of carbonyl (C=O) groups excluding carboxylic acids is 1. The molecule has 0 aliphatic carbocycles. The van der Waals surface area contributed by atoms with E-state index in [9.17, 15) is 10.1 Å². The number of hydrogen-bond acceptors (Lipinski definition) is 6. The molecule has 1 aromatic heterocycles. The van der Waals surface area contributed by atoms with Crippen LogP contribution in [0.3, 0.4) is 0 Å². The van der Waals surface area contributed by atoms with Crippen LogP contribution in [-0.2, 0) is 5.75 Å². The summed E-state index contributed by atoms with van der Waals surface area (Å²) in [5.41, 5.74) is 3.79. The quantitative estimate of drug-likeness (QED) is 0.146. The van der Waals surface area contributed by atoms with Gasteiger partial charge in [-0.25, -0.2) is 9.97 Å². The van der Waals surface area contributed by atoms with Crippen LogP contribution < -0.4 is 4.90 Å². The topological polar surface area (TPSA) is 69.9 Å². The maximum absolute atomic E-state index is 13.0. The molecule has 37 heavy (non-hydrogen) atoms. The highest BCUT2D eigenvalue weighted by molar-refractivity contribution is 7.98. The summed E-state index contributed by atoms with van der Waals surface area (Å²) < 4.78 is 0. The molecule has 7 heteroatoms. The molecule has 0 unspecified atom stereocenters. The second-order valence-corrected chi connectivity index (χ2v) is 10.3. The molecule has 184 valence electrons. The number of piperidine rings is 1. The highest BCUT2D eigenvalue weighted by Crippen LogP contribution is 2.34. The zero-order chi connectivity index (χ0) is 25.6. The van der Waals surface area contributed by atoms with Crippen LogP contribution >= 0.6 is 23.4 Å². The van der Waals surface area contributed by atoms with Gasteiger partial charge in [0.1, 0.15) is 11.6 Å². The Morgan fingerprint density at radius 3 is 2.24 bits per heavy atom. The molecule has 0 spiro atoms. The molecule has 0 saturated carbocycles. The Kier molecular flexibility index (Phi) is 7.84. The number of nitrogens with zero attached hydrogens (tertiary/aromatic N) is 4. The second-order valence-electron chi connectivity index (χ2n) is 8.94. The maximum Gasteiger partial charge on any atom is 0.190 e. The molecule has 1 fully saturated rings. The lowest BCUT2D eigenvalue weighted by atomic mass is 9.88. The van der Waals surface area contributed by atoms with Gasteiger partial charge in [0.15, 0.2) is 16.8 Å². The van der Waals surface area contributed by atoms with Gasteiger partial charge in [0.25, 0.3) is 0 Å². The van der Waals surface area contributed by atoms with Crippen molar-refractivity contribution in [2.75, 3.05) is 18.0 Å². The van der Waals surface area contributed by atoms with E-state index in [-0.39, 0.29) is 11.7 Å². The first-order valence-electron chi connectivity index (χ1n) is 12.2. The van der Waals surface area contributed by atoms with Gasteiger partial charge in [-0.15, -0.1) is 0 Å². The first-order valence-corrected chi connectivity index (χ1v) is 13.6. The molecule has 3 aromatic carbocycles. The largest absolute Gasteiger partial charge is 0.355 e. The smallest absolute Gasteiger partial charge is 0.190 e. The van der Waals surface area contributed by atoms with E-state index >= 15 is 0 Å². The number of carbonyl (C=O) groups is 1. The first kappa shape index (κ1) is 25.0. The Balaban J connectivity index is 1.44. The van der Waals surface area contributed by atoms with Crippen LogP contribution in [0.4, 0.5) is 5.82 Å². The lowest BCUT2D eigenvalue weighted by Crippen LogP contribution is -2.37. The number of aromatic nitrogens is 2. The lowest BCUT2D eigenvalue weighted by molar-refractivity contribution is 0.0900. The van der Waals surface area contributed by atoms with E-state index in [1.54, 1.807) is 23.9 Å². The van der Waals surface area contributed by atoms with Gasteiger partial charge in [-0.05, 0) is 30.5 Å². The molecule has 5 nitrogen and oxygen atoms in total. The molecule has 0 atom stereocenters. The van der Waals surface area contributed by atoms with E-state index in [0.29, 0.717) is 53.2 Å². The monoisotopic (exact) mass is 524 g/mol. The summed E-state index contributed by atoms with van der Waals surface area (Å²) in [4.78, 5) is 24.8. The van der Waals surface area contributed by atoms with Crippen LogP contribution in [0.2, 0.25) is 5.02 Å². The minimum Gasteiger partial charge on any atom is -0.355 e. The Morgan fingerprint density at radius 1 is 0.946 bits per heavy atom. The van der Waals surface area contributed by atoms with Crippen molar-refractivity contribution in [3.63, 3.8) is 0 Å². The zero-order valence-electron chi connectivity index (χ0n) is 20.2. The summed E-state index contributed by atoms with van der Waals surface area (Å²) in [6, 6.07) is 29.4. The lowest BCUT2D eigenvalue weighted by Gasteiger charge is -2.33. The molecular formula is C30H25ClN4OS. The van der Waals surface area contributed by atoms with Crippen LogP contribution in [0, 0.1) is 17.2 Å². The average Bonchev–Trinajstić information content (AvgIpc) is 2.96. The van der Waals surface area contributed by atoms with Gasteiger partial charge in [0, 0.05) is 40.9 Å². The van der Waals surface area contributed by atoms with E-state index in [2.05, 4.69) is 23.1 Å². The van der Waals surface area contributed by atoms with Crippen LogP contribution in [0.25, 0.3) is 11.3 Å². The van der Waals surface area contributed by atoms with Crippen molar-refractivity contribution in [1.29, 1.82) is 5.26 Å². The highest BCUT2D eigenvalue weighted by atomic mass is 35.5. The normalized spacial score (nSPS) is 13.8. The fraction of sp³-hybridized carbons (Fsp3) is 0.200. The van der Waals surface area contributed by atoms with Crippen molar-refractivity contribution < 1.29 is 4.79 Å². The van der Waals surface area contributed by atoms with Crippen molar-refractivity contribution in [2.24, 2.45) is 5.92 Å². The molecule has 1 saturated heterocycles. The van der Waals surface area contributed by atoms with E-state index < -0.39 is 0 Å². The summed E-state index contributed by atoms with van der Waals surface area (Å²) in [5, 5.41) is 11.4. The fourth-order valence-electron chi connectivity index (χ4n) is 4.56. The van der Waals surface area contributed by atoms with Crippen molar-refractivity contribution in [3.8, 4) is 17.3 Å².